The predicted octanol–water partition coefficient (Wildman–Crippen LogP) is 3.45. The van der Waals surface area contributed by atoms with Crippen molar-refractivity contribution in [1.82, 2.24) is 9.88 Å². The van der Waals surface area contributed by atoms with Gasteiger partial charge in [0.2, 0.25) is 0 Å². The number of aromatic nitrogens is 1. The molecule has 0 bridgehead atoms. The summed E-state index contributed by atoms with van der Waals surface area (Å²) in [4.78, 5) is 21.4. The number of piperazine rings is 1. The maximum absolute atomic E-state index is 13.5. The molecule has 0 unspecified atom stereocenters. The number of rotatable bonds is 4. The summed E-state index contributed by atoms with van der Waals surface area (Å²) in [6, 6.07) is 17.7. The first-order valence-corrected chi connectivity index (χ1v) is 12.6. The summed E-state index contributed by atoms with van der Waals surface area (Å²) in [7, 11) is -3.90. The molecule has 7 nitrogen and oxygen atoms in total. The van der Waals surface area contributed by atoms with E-state index in [1.807, 2.05) is 36.4 Å². The van der Waals surface area contributed by atoms with Gasteiger partial charge in [0.15, 0.2) is 0 Å². The zero-order valence-corrected chi connectivity index (χ0v) is 19.5. The lowest BCUT2D eigenvalue weighted by atomic mass is 10.2. The number of amides is 1. The largest absolute Gasteiger partial charge is 0.353 e. The van der Waals surface area contributed by atoms with Crippen LogP contribution < -0.4 is 9.21 Å². The third-order valence-corrected chi connectivity index (χ3v) is 8.43. The second kappa shape index (κ2) is 8.68. The van der Waals surface area contributed by atoms with Crippen molar-refractivity contribution in [3.63, 3.8) is 0 Å². The quantitative estimate of drug-likeness (QED) is 0.569. The van der Waals surface area contributed by atoms with E-state index in [0.717, 1.165) is 11.4 Å². The summed E-state index contributed by atoms with van der Waals surface area (Å²) in [5, 5.41) is 0.107. The van der Waals surface area contributed by atoms with Gasteiger partial charge in [-0.3, -0.25) is 9.10 Å². The normalized spacial score (nSPS) is 16.1. The van der Waals surface area contributed by atoms with Crippen LogP contribution in [0, 0.1) is 0 Å². The van der Waals surface area contributed by atoms with Gasteiger partial charge >= 0.3 is 0 Å². The SMILES string of the molecule is O=C(c1ccc(Cl)c(S(=O)(=O)N2CCc3ccccc32)c1)N1CCN(c2ccccn2)CC1. The number of anilines is 2. The topological polar surface area (TPSA) is 73.8 Å². The first-order valence-electron chi connectivity index (χ1n) is 10.8. The number of sulfonamides is 1. The second-order valence-corrected chi connectivity index (χ2v) is 10.3. The molecule has 2 aromatic carbocycles. The number of carbonyl (C=O) groups is 1. The van der Waals surface area contributed by atoms with Crippen molar-refractivity contribution < 1.29 is 13.2 Å². The van der Waals surface area contributed by atoms with Gasteiger partial charge in [-0.25, -0.2) is 13.4 Å². The molecule has 0 radical (unpaired) electrons. The molecular formula is C24H23ClN4O3S. The third kappa shape index (κ3) is 4.05. The minimum atomic E-state index is -3.90. The van der Waals surface area contributed by atoms with Crippen molar-refractivity contribution >= 4 is 39.0 Å². The molecule has 0 atom stereocenters. The van der Waals surface area contributed by atoms with E-state index in [0.29, 0.717) is 50.4 Å². The molecule has 1 fully saturated rings. The van der Waals surface area contributed by atoms with Crippen molar-refractivity contribution in [3.05, 3.63) is 83.0 Å². The van der Waals surface area contributed by atoms with Crippen molar-refractivity contribution in [2.24, 2.45) is 0 Å². The molecule has 2 aliphatic heterocycles. The Morgan fingerprint density at radius 3 is 2.42 bits per heavy atom. The molecule has 1 amide bonds. The fourth-order valence-electron chi connectivity index (χ4n) is 4.37. The van der Waals surface area contributed by atoms with Crippen LogP contribution in [0.1, 0.15) is 15.9 Å². The smallest absolute Gasteiger partial charge is 0.265 e. The van der Waals surface area contributed by atoms with Crippen LogP contribution in [0.25, 0.3) is 0 Å². The summed E-state index contributed by atoms with van der Waals surface area (Å²) in [5.74, 6) is 0.681. The maximum Gasteiger partial charge on any atom is 0.265 e. The average molecular weight is 483 g/mol. The van der Waals surface area contributed by atoms with Gasteiger partial charge in [0.25, 0.3) is 15.9 Å². The highest BCUT2D eigenvalue weighted by molar-refractivity contribution is 7.93. The minimum absolute atomic E-state index is 0.0427. The molecule has 5 rings (SSSR count). The van der Waals surface area contributed by atoms with Crippen molar-refractivity contribution in [2.45, 2.75) is 11.3 Å². The van der Waals surface area contributed by atoms with Crippen molar-refractivity contribution in [3.8, 4) is 0 Å². The van der Waals surface area contributed by atoms with Gasteiger partial charge < -0.3 is 9.80 Å². The molecule has 3 heterocycles. The fourth-order valence-corrected chi connectivity index (χ4v) is 6.38. The van der Waals surface area contributed by atoms with Crippen molar-refractivity contribution in [2.75, 3.05) is 41.9 Å². The monoisotopic (exact) mass is 482 g/mol. The van der Waals surface area contributed by atoms with E-state index < -0.39 is 10.0 Å². The Balaban J connectivity index is 1.36. The Morgan fingerprint density at radius 1 is 0.909 bits per heavy atom. The lowest BCUT2D eigenvalue weighted by Crippen LogP contribution is -2.49. The summed E-state index contributed by atoms with van der Waals surface area (Å²) < 4.78 is 28.3. The summed E-state index contributed by atoms with van der Waals surface area (Å²) in [6.07, 6.45) is 2.40. The standard InChI is InChI=1S/C24H23ClN4O3S/c25-20-9-8-19(24(30)28-15-13-27(14-16-28)23-7-3-4-11-26-23)17-22(20)33(31,32)29-12-10-18-5-1-2-6-21(18)29/h1-9,11,17H,10,12-16H2. The number of para-hydroxylation sites is 1. The number of carbonyl (C=O) groups excluding carboxylic acids is 1. The number of hydrogen-bond acceptors (Lipinski definition) is 5. The Hall–Kier alpha value is -3.10. The van der Waals surface area contributed by atoms with E-state index in [4.69, 9.17) is 11.6 Å². The van der Waals surface area contributed by atoms with Crippen LogP contribution >= 0.6 is 11.6 Å². The molecule has 33 heavy (non-hydrogen) atoms. The van der Waals surface area contributed by atoms with Gasteiger partial charge in [-0.1, -0.05) is 35.9 Å². The summed E-state index contributed by atoms with van der Waals surface area (Å²) >= 11 is 6.32. The van der Waals surface area contributed by atoms with Crippen LogP contribution in [-0.4, -0.2) is 56.9 Å². The molecule has 170 valence electrons. The maximum atomic E-state index is 13.5. The first-order chi connectivity index (χ1) is 15.9. The average Bonchev–Trinajstić information content (AvgIpc) is 3.30. The molecule has 0 N–H and O–H groups in total. The highest BCUT2D eigenvalue weighted by atomic mass is 35.5. The van der Waals surface area contributed by atoms with Gasteiger partial charge in [-0.2, -0.15) is 0 Å². The second-order valence-electron chi connectivity index (χ2n) is 8.07. The number of pyridine rings is 1. The third-order valence-electron chi connectivity index (χ3n) is 6.13. The minimum Gasteiger partial charge on any atom is -0.353 e. The Kier molecular flexibility index (Phi) is 5.72. The van der Waals surface area contributed by atoms with Crippen LogP contribution in [0.2, 0.25) is 5.02 Å². The fraction of sp³-hybridized carbons (Fsp3) is 0.250. The van der Waals surface area contributed by atoms with E-state index in [2.05, 4.69) is 9.88 Å². The van der Waals surface area contributed by atoms with Crippen LogP contribution in [-0.2, 0) is 16.4 Å². The molecule has 0 saturated carbocycles. The number of halogens is 1. The van der Waals surface area contributed by atoms with Crippen LogP contribution in [0.3, 0.4) is 0 Å². The van der Waals surface area contributed by atoms with Gasteiger partial charge in [-0.05, 0) is 48.4 Å². The summed E-state index contributed by atoms with van der Waals surface area (Å²) in [6.45, 7) is 2.73. The van der Waals surface area contributed by atoms with Gasteiger partial charge in [0, 0.05) is 44.5 Å². The van der Waals surface area contributed by atoms with E-state index in [1.165, 1.54) is 16.4 Å². The van der Waals surface area contributed by atoms with Crippen molar-refractivity contribution in [1.29, 1.82) is 0 Å². The highest BCUT2D eigenvalue weighted by Gasteiger charge is 2.33. The van der Waals surface area contributed by atoms with Gasteiger partial charge in [0.05, 0.1) is 10.7 Å². The number of fused-ring (bicyclic) bond motifs is 1. The summed E-state index contributed by atoms with van der Waals surface area (Å²) in [5.41, 5.74) is 1.96. The van der Waals surface area contributed by atoms with Crippen LogP contribution in [0.4, 0.5) is 11.5 Å². The van der Waals surface area contributed by atoms with E-state index in [1.54, 1.807) is 23.2 Å². The van der Waals surface area contributed by atoms with Crippen LogP contribution in [0.15, 0.2) is 71.8 Å². The molecule has 9 heteroatoms. The van der Waals surface area contributed by atoms with Gasteiger partial charge in [0.1, 0.15) is 10.7 Å². The molecule has 2 aliphatic rings. The molecule has 1 aromatic heterocycles. The number of hydrogen-bond donors (Lipinski definition) is 0. The molecule has 3 aromatic rings. The molecule has 0 spiro atoms. The Bertz CT molecular complexity index is 1290. The van der Waals surface area contributed by atoms with E-state index >= 15 is 0 Å². The zero-order valence-electron chi connectivity index (χ0n) is 17.9. The van der Waals surface area contributed by atoms with Gasteiger partial charge in [-0.15, -0.1) is 0 Å². The lowest BCUT2D eigenvalue weighted by Gasteiger charge is -2.35. The highest BCUT2D eigenvalue weighted by Crippen LogP contribution is 2.35. The number of nitrogens with zero attached hydrogens (tertiary/aromatic N) is 4. The first kappa shape index (κ1) is 21.7. The van der Waals surface area contributed by atoms with E-state index in [9.17, 15) is 13.2 Å². The Labute approximate surface area is 198 Å². The lowest BCUT2D eigenvalue weighted by molar-refractivity contribution is 0.0746. The zero-order chi connectivity index (χ0) is 23.0. The Morgan fingerprint density at radius 2 is 1.67 bits per heavy atom. The molecule has 0 aliphatic carbocycles. The predicted molar refractivity (Wildman–Crippen MR) is 128 cm³/mol. The molecular weight excluding hydrogens is 460 g/mol. The molecule has 1 saturated heterocycles. The van der Waals surface area contributed by atoms with E-state index in [-0.39, 0.29) is 15.8 Å². The number of benzene rings is 2. The van der Waals surface area contributed by atoms with Crippen LogP contribution in [0.5, 0.6) is 0 Å².